The molecule has 0 saturated carbocycles. The maximum absolute atomic E-state index is 5.30. The molecule has 0 aliphatic carbocycles. The van der Waals surface area contributed by atoms with Gasteiger partial charge in [-0.25, -0.2) is 0 Å². The molecule has 1 N–H and O–H groups in total. The molecule has 2 heteroatoms. The second-order valence-electron chi connectivity index (χ2n) is 2.55. The molecule has 0 aromatic rings. The third-order valence-corrected chi connectivity index (χ3v) is 1.49. The Morgan fingerprint density at radius 3 is 2.62 bits per heavy atom. The Hall–Kier alpha value is -0.0800. The molecule has 8 heavy (non-hydrogen) atoms. The van der Waals surface area contributed by atoms with Crippen LogP contribution in [0, 0.1) is 5.92 Å². The summed E-state index contributed by atoms with van der Waals surface area (Å²) < 4.78 is 5.30. The summed E-state index contributed by atoms with van der Waals surface area (Å²) in [6.07, 6.45) is 0.454. The summed E-state index contributed by atoms with van der Waals surface area (Å²) >= 11 is 0. The van der Waals surface area contributed by atoms with Gasteiger partial charge < -0.3 is 4.74 Å². The summed E-state index contributed by atoms with van der Waals surface area (Å²) in [4.78, 5) is 0. The smallest absolute Gasteiger partial charge is 0.0970 e. The fraction of sp³-hybridized carbons (Fsp3) is 1.00. The Morgan fingerprint density at radius 1 is 1.62 bits per heavy atom. The predicted molar refractivity (Wildman–Crippen MR) is 32.6 cm³/mol. The van der Waals surface area contributed by atoms with E-state index in [9.17, 15) is 0 Å². The molecular formula is C6H13NO. The van der Waals surface area contributed by atoms with Crippen LogP contribution in [0.15, 0.2) is 0 Å². The van der Waals surface area contributed by atoms with Gasteiger partial charge in [0.2, 0.25) is 0 Å². The number of rotatable bonds is 1. The van der Waals surface area contributed by atoms with Crippen LogP contribution in [-0.2, 0) is 4.74 Å². The van der Waals surface area contributed by atoms with Crippen LogP contribution in [0.1, 0.15) is 13.8 Å². The lowest BCUT2D eigenvalue weighted by molar-refractivity contribution is 0.0797. The van der Waals surface area contributed by atoms with Gasteiger partial charge in [0.15, 0.2) is 0 Å². The minimum absolute atomic E-state index is 0.454. The number of hydrogen-bond acceptors (Lipinski definition) is 2. The van der Waals surface area contributed by atoms with Crippen LogP contribution >= 0.6 is 0 Å². The zero-order valence-corrected chi connectivity index (χ0v) is 5.48. The van der Waals surface area contributed by atoms with E-state index >= 15 is 0 Å². The second-order valence-corrected chi connectivity index (χ2v) is 2.55. The maximum atomic E-state index is 5.30. The van der Waals surface area contributed by atoms with E-state index in [0.29, 0.717) is 12.0 Å². The van der Waals surface area contributed by atoms with Gasteiger partial charge in [-0.2, -0.15) is 0 Å². The lowest BCUT2D eigenvalue weighted by Gasteiger charge is -2.10. The molecule has 0 radical (unpaired) electrons. The molecule has 1 saturated heterocycles. The molecule has 1 aliphatic rings. The highest BCUT2D eigenvalue weighted by Gasteiger charge is 2.17. The number of hydrogen-bond donors (Lipinski definition) is 1. The van der Waals surface area contributed by atoms with Crippen LogP contribution in [0.5, 0.6) is 0 Å². The van der Waals surface area contributed by atoms with Gasteiger partial charge in [-0.1, -0.05) is 13.8 Å². The lowest BCUT2D eigenvalue weighted by Crippen LogP contribution is -2.19. The van der Waals surface area contributed by atoms with Crippen LogP contribution in [-0.4, -0.2) is 19.4 Å². The highest BCUT2D eigenvalue weighted by Crippen LogP contribution is 2.07. The quantitative estimate of drug-likeness (QED) is 0.540. The normalized spacial score (nSPS) is 29.6. The maximum Gasteiger partial charge on any atom is 0.0970 e. The average Bonchev–Trinajstić information content (AvgIpc) is 2.12. The molecule has 1 heterocycles. The van der Waals surface area contributed by atoms with Crippen molar-refractivity contribution in [2.45, 2.75) is 20.0 Å². The highest BCUT2D eigenvalue weighted by atomic mass is 16.5. The van der Waals surface area contributed by atoms with Crippen molar-refractivity contribution in [3.05, 3.63) is 0 Å². The molecule has 0 aromatic heterocycles. The standard InChI is InChI=1S/C6H13NO/c1-5(2)6-3-7-4-8-6/h5-7H,3-4H2,1-2H3/t6-/m0/s1. The van der Waals surface area contributed by atoms with Gasteiger partial charge in [0.05, 0.1) is 12.8 Å². The molecular weight excluding hydrogens is 102 g/mol. The van der Waals surface area contributed by atoms with Crippen LogP contribution in [0.4, 0.5) is 0 Å². The van der Waals surface area contributed by atoms with Crippen LogP contribution < -0.4 is 5.32 Å². The first-order chi connectivity index (χ1) is 3.80. The summed E-state index contributed by atoms with van der Waals surface area (Å²) in [5.41, 5.74) is 0. The first kappa shape index (κ1) is 6.05. The van der Waals surface area contributed by atoms with Gasteiger partial charge >= 0.3 is 0 Å². The summed E-state index contributed by atoms with van der Waals surface area (Å²) in [6.45, 7) is 6.12. The Morgan fingerprint density at radius 2 is 2.38 bits per heavy atom. The Balaban J connectivity index is 2.24. The van der Waals surface area contributed by atoms with E-state index in [4.69, 9.17) is 4.74 Å². The SMILES string of the molecule is CC(C)[C@@H]1CNCO1. The van der Waals surface area contributed by atoms with E-state index in [1.807, 2.05) is 0 Å². The monoisotopic (exact) mass is 115 g/mol. The summed E-state index contributed by atoms with van der Waals surface area (Å²) in [7, 11) is 0. The van der Waals surface area contributed by atoms with Gasteiger partial charge in [-0.05, 0) is 5.92 Å². The molecule has 1 fully saturated rings. The van der Waals surface area contributed by atoms with E-state index < -0.39 is 0 Å². The molecule has 0 spiro atoms. The zero-order valence-electron chi connectivity index (χ0n) is 5.48. The molecule has 1 rings (SSSR count). The molecule has 0 unspecified atom stereocenters. The first-order valence-electron chi connectivity index (χ1n) is 3.13. The van der Waals surface area contributed by atoms with Gasteiger partial charge in [-0.3, -0.25) is 5.32 Å². The van der Waals surface area contributed by atoms with Crippen LogP contribution in [0.3, 0.4) is 0 Å². The topological polar surface area (TPSA) is 21.3 Å². The van der Waals surface area contributed by atoms with Crippen molar-refractivity contribution in [2.24, 2.45) is 5.92 Å². The molecule has 48 valence electrons. The minimum Gasteiger partial charge on any atom is -0.361 e. The van der Waals surface area contributed by atoms with Gasteiger partial charge in [-0.15, -0.1) is 0 Å². The summed E-state index contributed by atoms with van der Waals surface area (Å²) in [5.74, 6) is 0.657. The highest BCUT2D eigenvalue weighted by molar-refractivity contribution is 4.68. The van der Waals surface area contributed by atoms with E-state index in [0.717, 1.165) is 13.3 Å². The molecule has 0 amide bonds. The van der Waals surface area contributed by atoms with E-state index in [2.05, 4.69) is 19.2 Å². The minimum atomic E-state index is 0.454. The largest absolute Gasteiger partial charge is 0.361 e. The fourth-order valence-corrected chi connectivity index (χ4v) is 0.854. The Kier molecular flexibility index (Phi) is 1.86. The van der Waals surface area contributed by atoms with Gasteiger partial charge in [0, 0.05) is 6.54 Å². The van der Waals surface area contributed by atoms with Crippen molar-refractivity contribution in [1.82, 2.24) is 5.32 Å². The van der Waals surface area contributed by atoms with Crippen molar-refractivity contribution in [2.75, 3.05) is 13.3 Å². The van der Waals surface area contributed by atoms with Gasteiger partial charge in [0.25, 0.3) is 0 Å². The molecule has 2 nitrogen and oxygen atoms in total. The van der Waals surface area contributed by atoms with Crippen molar-refractivity contribution >= 4 is 0 Å². The van der Waals surface area contributed by atoms with Crippen molar-refractivity contribution in [3.8, 4) is 0 Å². The van der Waals surface area contributed by atoms with E-state index in [-0.39, 0.29) is 0 Å². The molecule has 1 atom stereocenters. The summed E-state index contributed by atoms with van der Waals surface area (Å²) in [6, 6.07) is 0. The van der Waals surface area contributed by atoms with Crippen molar-refractivity contribution in [1.29, 1.82) is 0 Å². The summed E-state index contributed by atoms with van der Waals surface area (Å²) in [5, 5.41) is 3.13. The third kappa shape index (κ3) is 1.20. The molecule has 1 aliphatic heterocycles. The Labute approximate surface area is 50.2 Å². The number of ether oxygens (including phenoxy) is 1. The first-order valence-corrected chi connectivity index (χ1v) is 3.13. The third-order valence-electron chi connectivity index (χ3n) is 1.49. The van der Waals surface area contributed by atoms with Crippen molar-refractivity contribution < 1.29 is 4.74 Å². The predicted octanol–water partition coefficient (Wildman–Crippen LogP) is 0.588. The van der Waals surface area contributed by atoms with Crippen molar-refractivity contribution in [3.63, 3.8) is 0 Å². The van der Waals surface area contributed by atoms with Crippen LogP contribution in [0.25, 0.3) is 0 Å². The van der Waals surface area contributed by atoms with Gasteiger partial charge in [0.1, 0.15) is 0 Å². The molecule has 0 aromatic carbocycles. The van der Waals surface area contributed by atoms with Crippen LogP contribution in [0.2, 0.25) is 0 Å². The van der Waals surface area contributed by atoms with E-state index in [1.165, 1.54) is 0 Å². The second kappa shape index (κ2) is 2.46. The zero-order chi connectivity index (χ0) is 5.98. The molecule has 0 bridgehead atoms. The average molecular weight is 115 g/mol. The van der Waals surface area contributed by atoms with E-state index in [1.54, 1.807) is 0 Å². The fourth-order valence-electron chi connectivity index (χ4n) is 0.854. The Bertz CT molecular complexity index is 66.9. The lowest BCUT2D eigenvalue weighted by atomic mass is 10.1. The number of nitrogens with one attached hydrogen (secondary N) is 1.